The van der Waals surface area contributed by atoms with E-state index in [9.17, 15) is 28.8 Å². The van der Waals surface area contributed by atoms with E-state index in [-0.39, 0.29) is 28.9 Å². The minimum absolute atomic E-state index is 0.0352. The number of hydrogen-bond acceptors (Lipinski definition) is 11. The van der Waals surface area contributed by atoms with Crippen molar-refractivity contribution in [3.8, 4) is 0 Å². The summed E-state index contributed by atoms with van der Waals surface area (Å²) in [6.07, 6.45) is 1.34. The molecule has 0 fully saturated rings. The second-order valence-corrected chi connectivity index (χ2v) is 11.4. The Labute approximate surface area is 265 Å². The lowest BCUT2D eigenvalue weighted by Gasteiger charge is -2.31. The van der Waals surface area contributed by atoms with Gasteiger partial charge in [0, 0.05) is 18.6 Å². The fourth-order valence-corrected chi connectivity index (χ4v) is 4.97. The molecule has 0 aliphatic carbocycles. The number of carboxylic acid groups (broad SMARTS) is 1. The maximum absolute atomic E-state index is 13.7. The van der Waals surface area contributed by atoms with Crippen molar-refractivity contribution in [2.75, 3.05) is 31.9 Å². The Morgan fingerprint density at radius 2 is 1.51 bits per heavy atom. The van der Waals surface area contributed by atoms with E-state index in [1.54, 1.807) is 59.8 Å². The minimum Gasteiger partial charge on any atom is -0.473 e. The van der Waals surface area contributed by atoms with E-state index in [0.717, 1.165) is 11.3 Å². The lowest BCUT2D eigenvalue weighted by molar-refractivity contribution is -0.175. The molecule has 1 heterocycles. The van der Waals surface area contributed by atoms with Crippen LogP contribution in [0.3, 0.4) is 0 Å². The molecule has 2 unspecified atom stereocenters. The van der Waals surface area contributed by atoms with Gasteiger partial charge in [-0.25, -0.2) is 14.6 Å². The zero-order valence-corrected chi connectivity index (χ0v) is 26.9. The first-order chi connectivity index (χ1) is 20.3. The molecule has 0 spiro atoms. The van der Waals surface area contributed by atoms with Crippen molar-refractivity contribution >= 4 is 69.4 Å². The summed E-state index contributed by atoms with van der Waals surface area (Å²) in [5.74, 6) is -6.39. The zero-order valence-electron chi connectivity index (χ0n) is 23.9. The number of aryl methyl sites for hydroxylation is 1. The van der Waals surface area contributed by atoms with E-state index in [2.05, 4.69) is 20.9 Å². The quantitative estimate of drug-likeness (QED) is 0.0809. The fraction of sp³-hybridized carbons (Fsp3) is 0.444. The lowest BCUT2D eigenvalue weighted by Crippen LogP contribution is -2.60. The van der Waals surface area contributed by atoms with Crippen LogP contribution in [0.25, 0.3) is 0 Å². The third kappa shape index (κ3) is 10.6. The highest BCUT2D eigenvalue weighted by atomic mass is 127. The van der Waals surface area contributed by atoms with E-state index in [1.165, 1.54) is 27.3 Å². The van der Waals surface area contributed by atoms with Crippen LogP contribution in [0.5, 0.6) is 0 Å². The molecule has 0 saturated carbocycles. The maximum atomic E-state index is 13.7. The average Bonchev–Trinajstić information content (AvgIpc) is 3.42. The highest BCUT2D eigenvalue weighted by Crippen LogP contribution is 2.20. The molecular formula is C27H33IN4O10S. The van der Waals surface area contributed by atoms with E-state index < -0.39 is 59.2 Å². The number of thiazole rings is 1. The van der Waals surface area contributed by atoms with Crippen molar-refractivity contribution < 1.29 is 48.1 Å². The van der Waals surface area contributed by atoms with Crippen LogP contribution in [0.2, 0.25) is 0 Å². The number of aliphatic carboxylic acids is 1. The van der Waals surface area contributed by atoms with Crippen LogP contribution in [0.4, 0.5) is 0 Å². The molecule has 2 aromatic rings. The highest BCUT2D eigenvalue weighted by molar-refractivity contribution is 14.1. The Balaban J connectivity index is 2.29. The molecule has 16 heteroatoms. The summed E-state index contributed by atoms with van der Waals surface area (Å²) >= 11 is 2.92. The number of ketones is 1. The van der Waals surface area contributed by atoms with E-state index in [4.69, 9.17) is 19.3 Å². The summed E-state index contributed by atoms with van der Waals surface area (Å²) in [6, 6.07) is 4.85. The molecule has 4 N–H and O–H groups in total. The summed E-state index contributed by atoms with van der Waals surface area (Å²) in [4.78, 5) is 80.2. The predicted molar refractivity (Wildman–Crippen MR) is 162 cm³/mol. The molecule has 4 atom stereocenters. The largest absolute Gasteiger partial charge is 0.473 e. The number of hydrogen-bond donors (Lipinski definition) is 4. The molecule has 14 nitrogen and oxygen atoms in total. The molecule has 0 bridgehead atoms. The van der Waals surface area contributed by atoms with Gasteiger partial charge in [0.15, 0.2) is 11.4 Å². The Bertz CT molecular complexity index is 1310. The monoisotopic (exact) mass is 732 g/mol. The number of alkyl halides is 1. The van der Waals surface area contributed by atoms with Crippen molar-refractivity contribution in [2.45, 2.75) is 44.0 Å². The SMILES string of the molecule is COCC(NC(=O)c1cnc(C)s1)C(=O)NC(COC)C(=O)N[C@@H](Cc1ccccc1)C(=O)[C@@](C)(CI)OC(=O)C(=O)O. The number of methoxy groups -OCH3 is 2. The first-order valence-electron chi connectivity index (χ1n) is 12.8. The summed E-state index contributed by atoms with van der Waals surface area (Å²) < 4.78 is 15.1. The van der Waals surface area contributed by atoms with Gasteiger partial charge in [-0.1, -0.05) is 52.9 Å². The Morgan fingerprint density at radius 3 is 2.00 bits per heavy atom. The molecular weight excluding hydrogens is 699 g/mol. The van der Waals surface area contributed by atoms with Gasteiger partial charge in [-0.3, -0.25) is 19.2 Å². The first kappa shape index (κ1) is 35.7. The number of rotatable bonds is 16. The van der Waals surface area contributed by atoms with Gasteiger partial charge in [-0.15, -0.1) is 11.3 Å². The molecule has 1 aromatic carbocycles. The average molecular weight is 733 g/mol. The van der Waals surface area contributed by atoms with Gasteiger partial charge in [-0.2, -0.15) is 0 Å². The second kappa shape index (κ2) is 17.0. The van der Waals surface area contributed by atoms with Gasteiger partial charge in [0.25, 0.3) is 5.91 Å². The zero-order chi connectivity index (χ0) is 32.2. The third-order valence-corrected chi connectivity index (χ3v) is 8.32. The van der Waals surface area contributed by atoms with Crippen LogP contribution in [-0.2, 0) is 44.6 Å². The Hall–Kier alpha value is -3.48. The van der Waals surface area contributed by atoms with Gasteiger partial charge < -0.3 is 35.3 Å². The molecule has 0 radical (unpaired) electrons. The van der Waals surface area contributed by atoms with Crippen molar-refractivity contribution in [1.82, 2.24) is 20.9 Å². The van der Waals surface area contributed by atoms with Crippen molar-refractivity contribution in [3.05, 3.63) is 52.0 Å². The number of aromatic nitrogens is 1. The lowest BCUT2D eigenvalue weighted by atomic mass is 9.92. The molecule has 1 aromatic heterocycles. The number of benzene rings is 1. The molecule has 0 aliphatic heterocycles. The number of amides is 3. The number of carboxylic acids is 1. The van der Waals surface area contributed by atoms with Crippen LogP contribution in [0.1, 0.15) is 27.2 Å². The van der Waals surface area contributed by atoms with Crippen LogP contribution >= 0.6 is 33.9 Å². The molecule has 2 rings (SSSR count). The standard InChI is InChI=1S/C27H33IN4O10S/c1-15-29-11-20(43-15)24(36)32-19(13-41-4)23(35)31-18(12-40-3)22(34)30-17(10-16-8-6-5-7-9-16)21(33)27(2,14-28)42-26(39)25(37)38/h5-9,11,17-19H,10,12-14H2,1-4H3,(H,30,34)(H,31,35)(H,32,36)(H,37,38)/t17-,18?,19?,27+/m0/s1. The van der Waals surface area contributed by atoms with Crippen LogP contribution in [0, 0.1) is 6.92 Å². The Kier molecular flexibility index (Phi) is 14.1. The summed E-state index contributed by atoms with van der Waals surface area (Å²) in [5, 5.41) is 17.3. The van der Waals surface area contributed by atoms with Crippen LogP contribution in [0.15, 0.2) is 36.5 Å². The molecule has 3 amide bonds. The number of Topliss-reactive ketones (excluding diaryl/α,β-unsaturated/α-hetero) is 1. The summed E-state index contributed by atoms with van der Waals surface area (Å²) in [6.45, 7) is 2.46. The maximum Gasteiger partial charge on any atom is 0.418 e. The topological polar surface area (TPSA) is 199 Å². The smallest absolute Gasteiger partial charge is 0.418 e. The minimum atomic E-state index is -1.90. The third-order valence-electron chi connectivity index (χ3n) is 5.95. The Morgan fingerprint density at radius 1 is 0.953 bits per heavy atom. The van der Waals surface area contributed by atoms with Crippen LogP contribution < -0.4 is 16.0 Å². The number of nitrogens with zero attached hydrogens (tertiary/aromatic N) is 1. The van der Waals surface area contributed by atoms with Crippen molar-refractivity contribution in [1.29, 1.82) is 0 Å². The van der Waals surface area contributed by atoms with Crippen molar-refractivity contribution in [2.24, 2.45) is 0 Å². The van der Waals surface area contributed by atoms with Gasteiger partial charge in [0.05, 0.1) is 30.5 Å². The molecule has 0 aliphatic rings. The normalized spacial score (nSPS) is 14.3. The molecule has 43 heavy (non-hydrogen) atoms. The van der Waals surface area contributed by atoms with Gasteiger partial charge in [-0.05, 0) is 25.8 Å². The molecule has 0 saturated heterocycles. The number of nitrogens with one attached hydrogen (secondary N) is 3. The molecule has 234 valence electrons. The fourth-order valence-electron chi connectivity index (χ4n) is 3.76. The summed E-state index contributed by atoms with van der Waals surface area (Å²) in [5.41, 5.74) is -1.25. The predicted octanol–water partition coefficient (Wildman–Crippen LogP) is 0.446. The van der Waals surface area contributed by atoms with Gasteiger partial charge >= 0.3 is 11.9 Å². The van der Waals surface area contributed by atoms with E-state index in [1.807, 2.05) is 0 Å². The van der Waals surface area contributed by atoms with Crippen LogP contribution in [-0.4, -0.2) is 101 Å². The number of carbonyl (C=O) groups is 6. The van der Waals surface area contributed by atoms with Gasteiger partial charge in [0.2, 0.25) is 11.8 Å². The second-order valence-electron chi connectivity index (χ2n) is 9.42. The number of esters is 1. The first-order valence-corrected chi connectivity index (χ1v) is 15.1. The highest BCUT2D eigenvalue weighted by Gasteiger charge is 2.43. The number of ether oxygens (including phenoxy) is 3. The summed E-state index contributed by atoms with van der Waals surface area (Å²) in [7, 11) is 2.64. The van der Waals surface area contributed by atoms with Gasteiger partial charge in [0.1, 0.15) is 17.0 Å². The number of carbonyl (C=O) groups excluding carboxylic acids is 5. The van der Waals surface area contributed by atoms with Crippen molar-refractivity contribution in [3.63, 3.8) is 0 Å². The number of halogens is 1. The van der Waals surface area contributed by atoms with E-state index in [0.29, 0.717) is 10.6 Å². The van der Waals surface area contributed by atoms with E-state index >= 15 is 0 Å².